The molecule has 1 aromatic heterocycles. The van der Waals surface area contributed by atoms with E-state index >= 15 is 0 Å². The van der Waals surface area contributed by atoms with Crippen LogP contribution in [0.15, 0.2) is 18.3 Å². The summed E-state index contributed by atoms with van der Waals surface area (Å²) in [6, 6.07) is 6.23. The number of hydrogen-bond acceptors (Lipinski definition) is 3. The molecule has 0 amide bonds. The molecule has 0 saturated carbocycles. The second kappa shape index (κ2) is 5.35. The van der Waals surface area contributed by atoms with Gasteiger partial charge in [0, 0.05) is 18.8 Å². The van der Waals surface area contributed by atoms with Crippen LogP contribution < -0.4 is 4.90 Å². The molecular formula is C12H17N3. The summed E-state index contributed by atoms with van der Waals surface area (Å²) >= 11 is 0. The van der Waals surface area contributed by atoms with E-state index in [0.717, 1.165) is 18.8 Å². The lowest BCUT2D eigenvalue weighted by atomic mass is 10.2. The fourth-order valence-corrected chi connectivity index (χ4v) is 1.50. The highest BCUT2D eigenvalue weighted by Gasteiger charge is 2.10. The number of hydrogen-bond donors (Lipinski definition) is 0. The van der Waals surface area contributed by atoms with Crippen LogP contribution in [-0.2, 0) is 0 Å². The zero-order valence-corrected chi connectivity index (χ0v) is 9.57. The Kier molecular flexibility index (Phi) is 4.11. The number of rotatable bonds is 4. The molecule has 3 nitrogen and oxygen atoms in total. The number of pyridine rings is 1. The molecule has 1 aromatic rings. The summed E-state index contributed by atoms with van der Waals surface area (Å²) in [4.78, 5) is 6.53. The van der Waals surface area contributed by atoms with Crippen molar-refractivity contribution in [2.75, 3.05) is 11.4 Å². The van der Waals surface area contributed by atoms with Crippen LogP contribution in [0.2, 0.25) is 0 Å². The van der Waals surface area contributed by atoms with Gasteiger partial charge in [-0.05, 0) is 32.4 Å². The summed E-state index contributed by atoms with van der Waals surface area (Å²) in [6.45, 7) is 7.45. The summed E-state index contributed by atoms with van der Waals surface area (Å²) in [5.74, 6) is 0.950. The van der Waals surface area contributed by atoms with Gasteiger partial charge in [0.1, 0.15) is 11.9 Å². The Morgan fingerprint density at radius 1 is 1.47 bits per heavy atom. The second-order valence-electron chi connectivity index (χ2n) is 3.80. The van der Waals surface area contributed by atoms with E-state index in [9.17, 15) is 0 Å². The predicted octanol–water partition coefficient (Wildman–Crippen LogP) is 2.58. The molecule has 0 bridgehead atoms. The molecule has 0 aliphatic rings. The summed E-state index contributed by atoms with van der Waals surface area (Å²) in [6.07, 6.45) is 2.72. The van der Waals surface area contributed by atoms with Crippen LogP contribution in [-0.4, -0.2) is 17.6 Å². The van der Waals surface area contributed by atoms with Crippen molar-refractivity contribution in [1.29, 1.82) is 5.26 Å². The minimum atomic E-state index is 0.436. The Balaban J connectivity index is 2.87. The van der Waals surface area contributed by atoms with Crippen molar-refractivity contribution >= 4 is 5.82 Å². The highest BCUT2D eigenvalue weighted by atomic mass is 15.2. The van der Waals surface area contributed by atoms with Gasteiger partial charge in [0.05, 0.1) is 5.56 Å². The maximum absolute atomic E-state index is 8.68. The van der Waals surface area contributed by atoms with Gasteiger partial charge >= 0.3 is 0 Å². The Labute approximate surface area is 91.4 Å². The van der Waals surface area contributed by atoms with Gasteiger partial charge in [0.25, 0.3) is 0 Å². The fourth-order valence-electron chi connectivity index (χ4n) is 1.50. The van der Waals surface area contributed by atoms with Crippen molar-refractivity contribution in [1.82, 2.24) is 4.98 Å². The average molecular weight is 203 g/mol. The smallest absolute Gasteiger partial charge is 0.128 e. The van der Waals surface area contributed by atoms with Crippen molar-refractivity contribution < 1.29 is 0 Å². The molecule has 1 rings (SSSR count). The van der Waals surface area contributed by atoms with Gasteiger partial charge in [0.15, 0.2) is 0 Å². The van der Waals surface area contributed by atoms with Crippen LogP contribution in [0.4, 0.5) is 5.82 Å². The zero-order chi connectivity index (χ0) is 11.3. The van der Waals surface area contributed by atoms with Gasteiger partial charge in [-0.3, -0.25) is 0 Å². The number of nitrogens with zero attached hydrogens (tertiary/aromatic N) is 3. The molecule has 1 heterocycles. The lowest BCUT2D eigenvalue weighted by molar-refractivity contribution is 0.662. The lowest BCUT2D eigenvalue weighted by Gasteiger charge is -2.27. The van der Waals surface area contributed by atoms with Gasteiger partial charge in [0.2, 0.25) is 0 Å². The van der Waals surface area contributed by atoms with Crippen LogP contribution in [0.1, 0.15) is 32.8 Å². The first-order valence-electron chi connectivity index (χ1n) is 5.31. The van der Waals surface area contributed by atoms with Gasteiger partial charge in [-0.1, -0.05) is 6.92 Å². The van der Waals surface area contributed by atoms with Crippen molar-refractivity contribution in [2.45, 2.75) is 33.2 Å². The van der Waals surface area contributed by atoms with Crippen LogP contribution >= 0.6 is 0 Å². The molecule has 15 heavy (non-hydrogen) atoms. The minimum Gasteiger partial charge on any atom is -0.354 e. The standard InChI is InChI=1S/C12H17N3/c1-4-7-15(10(2)3)12-6-5-11(8-13)9-14-12/h5-6,9-10H,4,7H2,1-3H3. The van der Waals surface area contributed by atoms with E-state index in [1.165, 1.54) is 0 Å². The quantitative estimate of drug-likeness (QED) is 0.755. The summed E-state index contributed by atoms with van der Waals surface area (Å²) in [7, 11) is 0. The van der Waals surface area contributed by atoms with E-state index in [0.29, 0.717) is 11.6 Å². The number of aromatic nitrogens is 1. The molecule has 0 radical (unpaired) electrons. The first-order valence-corrected chi connectivity index (χ1v) is 5.31. The van der Waals surface area contributed by atoms with Crippen molar-refractivity contribution in [3.8, 4) is 6.07 Å². The molecule has 0 saturated heterocycles. The Bertz CT molecular complexity index is 335. The molecule has 0 aliphatic carbocycles. The molecule has 0 aliphatic heterocycles. The van der Waals surface area contributed by atoms with Gasteiger partial charge in [-0.25, -0.2) is 4.98 Å². The zero-order valence-electron chi connectivity index (χ0n) is 9.57. The first-order chi connectivity index (χ1) is 7.19. The van der Waals surface area contributed by atoms with Crippen LogP contribution in [0, 0.1) is 11.3 Å². The molecule has 0 N–H and O–H groups in total. The van der Waals surface area contributed by atoms with Gasteiger partial charge in [-0.15, -0.1) is 0 Å². The molecule has 0 aromatic carbocycles. The monoisotopic (exact) mass is 203 g/mol. The maximum atomic E-state index is 8.68. The molecular weight excluding hydrogens is 186 g/mol. The lowest BCUT2D eigenvalue weighted by Crippen LogP contribution is -2.32. The second-order valence-corrected chi connectivity index (χ2v) is 3.80. The molecule has 0 spiro atoms. The first kappa shape index (κ1) is 11.5. The third-order valence-electron chi connectivity index (χ3n) is 2.26. The molecule has 0 unspecified atom stereocenters. The van der Waals surface area contributed by atoms with Crippen molar-refractivity contribution in [3.63, 3.8) is 0 Å². The van der Waals surface area contributed by atoms with Crippen molar-refractivity contribution in [3.05, 3.63) is 23.9 Å². The Morgan fingerprint density at radius 2 is 2.20 bits per heavy atom. The van der Waals surface area contributed by atoms with Gasteiger partial charge in [-0.2, -0.15) is 5.26 Å². The minimum absolute atomic E-state index is 0.436. The van der Waals surface area contributed by atoms with Crippen LogP contribution in [0.3, 0.4) is 0 Å². The molecule has 80 valence electrons. The van der Waals surface area contributed by atoms with E-state index < -0.39 is 0 Å². The normalized spacial score (nSPS) is 10.1. The number of anilines is 1. The molecule has 3 heteroatoms. The fraction of sp³-hybridized carbons (Fsp3) is 0.500. The van der Waals surface area contributed by atoms with E-state index in [1.54, 1.807) is 6.20 Å². The molecule has 0 fully saturated rings. The summed E-state index contributed by atoms with van der Waals surface area (Å²) in [5, 5.41) is 8.68. The Morgan fingerprint density at radius 3 is 2.60 bits per heavy atom. The number of nitriles is 1. The van der Waals surface area contributed by atoms with E-state index in [-0.39, 0.29) is 0 Å². The Hall–Kier alpha value is -1.56. The van der Waals surface area contributed by atoms with Gasteiger partial charge < -0.3 is 4.90 Å². The van der Waals surface area contributed by atoms with Crippen molar-refractivity contribution in [2.24, 2.45) is 0 Å². The van der Waals surface area contributed by atoms with E-state index in [1.807, 2.05) is 12.1 Å². The highest BCUT2D eigenvalue weighted by Crippen LogP contribution is 2.14. The SMILES string of the molecule is CCCN(c1ccc(C#N)cn1)C(C)C. The third-order valence-corrected chi connectivity index (χ3v) is 2.26. The predicted molar refractivity (Wildman–Crippen MR) is 61.7 cm³/mol. The van der Waals surface area contributed by atoms with Crippen LogP contribution in [0.25, 0.3) is 0 Å². The largest absolute Gasteiger partial charge is 0.354 e. The summed E-state index contributed by atoms with van der Waals surface area (Å²) < 4.78 is 0. The maximum Gasteiger partial charge on any atom is 0.128 e. The van der Waals surface area contributed by atoms with E-state index in [4.69, 9.17) is 5.26 Å². The van der Waals surface area contributed by atoms with Crippen LogP contribution in [0.5, 0.6) is 0 Å². The highest BCUT2D eigenvalue weighted by molar-refractivity contribution is 5.42. The molecule has 0 atom stereocenters. The summed E-state index contributed by atoms with van der Waals surface area (Å²) in [5.41, 5.74) is 0.610. The topological polar surface area (TPSA) is 39.9 Å². The third kappa shape index (κ3) is 2.95. The average Bonchev–Trinajstić information content (AvgIpc) is 2.26. The van der Waals surface area contributed by atoms with E-state index in [2.05, 4.69) is 36.7 Å².